The molecule has 2 N–H and O–H groups in total. The number of rotatable bonds is 9. The Labute approximate surface area is 134 Å². The van der Waals surface area contributed by atoms with E-state index in [-0.39, 0.29) is 0 Å². The van der Waals surface area contributed by atoms with E-state index in [9.17, 15) is 0 Å². The van der Waals surface area contributed by atoms with Gasteiger partial charge in [-0.15, -0.1) is 0 Å². The van der Waals surface area contributed by atoms with Crippen molar-refractivity contribution in [1.29, 1.82) is 0 Å². The number of guanidine groups is 1. The molecule has 0 aromatic heterocycles. The second-order valence-electron chi connectivity index (χ2n) is 5.42. The van der Waals surface area contributed by atoms with E-state index in [4.69, 9.17) is 9.47 Å². The molecule has 0 fully saturated rings. The van der Waals surface area contributed by atoms with Gasteiger partial charge in [0.05, 0.1) is 13.7 Å². The molecule has 0 aliphatic rings. The second-order valence-corrected chi connectivity index (χ2v) is 5.42. The van der Waals surface area contributed by atoms with Crippen LogP contribution in [0.25, 0.3) is 0 Å². The van der Waals surface area contributed by atoms with E-state index < -0.39 is 0 Å². The molecular formula is C17H29N3O2. The second kappa shape index (κ2) is 10.8. The summed E-state index contributed by atoms with van der Waals surface area (Å²) in [5, 5.41) is 6.56. The summed E-state index contributed by atoms with van der Waals surface area (Å²) in [5.41, 5.74) is 0. The van der Waals surface area contributed by atoms with Crippen molar-refractivity contribution < 1.29 is 9.47 Å². The Morgan fingerprint density at radius 3 is 2.68 bits per heavy atom. The first-order valence-electron chi connectivity index (χ1n) is 7.94. The number of methoxy groups -OCH3 is 1. The molecule has 0 radical (unpaired) electrons. The van der Waals surface area contributed by atoms with E-state index in [2.05, 4.69) is 36.4 Å². The Bertz CT molecular complexity index is 447. The lowest BCUT2D eigenvalue weighted by Gasteiger charge is -2.12. The van der Waals surface area contributed by atoms with Crippen molar-refractivity contribution in [3.05, 3.63) is 24.3 Å². The highest BCUT2D eigenvalue weighted by atomic mass is 16.5. The average molecular weight is 307 g/mol. The predicted molar refractivity (Wildman–Crippen MR) is 91.9 cm³/mol. The minimum Gasteiger partial charge on any atom is -0.497 e. The summed E-state index contributed by atoms with van der Waals surface area (Å²) in [5.74, 6) is 3.08. The maximum Gasteiger partial charge on any atom is 0.191 e. The number of aliphatic imine (C=N–C) groups is 1. The molecule has 1 rings (SSSR count). The molecule has 5 heteroatoms. The quantitative estimate of drug-likeness (QED) is 0.418. The van der Waals surface area contributed by atoms with Gasteiger partial charge in [0.2, 0.25) is 0 Å². The van der Waals surface area contributed by atoms with Gasteiger partial charge in [0, 0.05) is 25.7 Å². The van der Waals surface area contributed by atoms with Crippen molar-refractivity contribution in [2.75, 3.05) is 33.4 Å². The molecule has 0 unspecified atom stereocenters. The molecule has 0 heterocycles. The lowest BCUT2D eigenvalue weighted by atomic mass is 10.2. The van der Waals surface area contributed by atoms with Gasteiger partial charge in [0.25, 0.3) is 0 Å². The summed E-state index contributed by atoms with van der Waals surface area (Å²) < 4.78 is 10.9. The number of hydrogen-bond acceptors (Lipinski definition) is 3. The van der Waals surface area contributed by atoms with Gasteiger partial charge in [0.1, 0.15) is 11.5 Å². The molecule has 1 aromatic carbocycles. The molecule has 0 spiro atoms. The van der Waals surface area contributed by atoms with Gasteiger partial charge >= 0.3 is 0 Å². The Balaban J connectivity index is 2.26. The van der Waals surface area contributed by atoms with Crippen LogP contribution in [-0.2, 0) is 0 Å². The molecule has 0 amide bonds. The fourth-order valence-electron chi connectivity index (χ4n) is 1.78. The maximum atomic E-state index is 5.71. The summed E-state index contributed by atoms with van der Waals surface area (Å²) >= 11 is 0. The summed E-state index contributed by atoms with van der Waals surface area (Å²) in [7, 11) is 1.65. The van der Waals surface area contributed by atoms with Crippen molar-refractivity contribution in [2.45, 2.75) is 27.2 Å². The smallest absolute Gasteiger partial charge is 0.191 e. The third-order valence-electron chi connectivity index (χ3n) is 2.88. The molecule has 0 saturated carbocycles. The molecule has 22 heavy (non-hydrogen) atoms. The summed E-state index contributed by atoms with van der Waals surface area (Å²) in [4.78, 5) is 4.53. The molecule has 1 aromatic rings. The third-order valence-corrected chi connectivity index (χ3v) is 2.88. The topological polar surface area (TPSA) is 54.9 Å². The average Bonchev–Trinajstić information content (AvgIpc) is 2.52. The van der Waals surface area contributed by atoms with Crippen LogP contribution in [0.1, 0.15) is 27.2 Å². The zero-order valence-electron chi connectivity index (χ0n) is 14.2. The van der Waals surface area contributed by atoms with Crippen LogP contribution in [0.2, 0.25) is 0 Å². The lowest BCUT2D eigenvalue weighted by Crippen LogP contribution is -2.38. The van der Waals surface area contributed by atoms with Crippen molar-refractivity contribution >= 4 is 5.96 Å². The Kier molecular flexibility index (Phi) is 8.88. The highest BCUT2D eigenvalue weighted by molar-refractivity contribution is 5.79. The molecule has 5 nitrogen and oxygen atoms in total. The fourth-order valence-corrected chi connectivity index (χ4v) is 1.78. The standard InChI is InChI=1S/C17H29N3O2/c1-5-18-17(20-13-14(2)3)19-10-7-11-22-16-9-6-8-15(12-16)21-4/h6,8-9,12,14H,5,7,10-11,13H2,1-4H3,(H2,18,19,20). The highest BCUT2D eigenvalue weighted by Crippen LogP contribution is 2.18. The van der Waals surface area contributed by atoms with Gasteiger partial charge in [-0.25, -0.2) is 0 Å². The van der Waals surface area contributed by atoms with Gasteiger partial charge in [-0.1, -0.05) is 19.9 Å². The first kappa shape index (κ1) is 18.1. The van der Waals surface area contributed by atoms with Crippen molar-refractivity contribution in [2.24, 2.45) is 10.9 Å². The summed E-state index contributed by atoms with van der Waals surface area (Å²) in [6.07, 6.45) is 0.906. The Morgan fingerprint density at radius 2 is 2.00 bits per heavy atom. The first-order chi connectivity index (χ1) is 10.7. The largest absolute Gasteiger partial charge is 0.497 e. The van der Waals surface area contributed by atoms with Gasteiger partial charge in [-0.2, -0.15) is 0 Å². The molecule has 124 valence electrons. The molecular weight excluding hydrogens is 278 g/mol. The van der Waals surface area contributed by atoms with Crippen LogP contribution in [0.3, 0.4) is 0 Å². The molecule has 0 aliphatic carbocycles. The number of nitrogens with one attached hydrogen (secondary N) is 2. The van der Waals surface area contributed by atoms with E-state index in [1.54, 1.807) is 7.11 Å². The number of nitrogens with zero attached hydrogens (tertiary/aromatic N) is 1. The predicted octanol–water partition coefficient (Wildman–Crippen LogP) is 2.68. The van der Waals surface area contributed by atoms with Crippen LogP contribution < -0.4 is 20.1 Å². The van der Waals surface area contributed by atoms with Crippen molar-refractivity contribution in [3.8, 4) is 11.5 Å². The molecule has 0 saturated heterocycles. The number of benzene rings is 1. The van der Waals surface area contributed by atoms with Gasteiger partial charge in [-0.3, -0.25) is 4.99 Å². The number of hydrogen-bond donors (Lipinski definition) is 2. The van der Waals surface area contributed by atoms with Gasteiger partial charge in [-0.05, 0) is 31.4 Å². The first-order valence-corrected chi connectivity index (χ1v) is 7.94. The highest BCUT2D eigenvalue weighted by Gasteiger charge is 1.99. The minimum atomic E-state index is 0.562. The maximum absolute atomic E-state index is 5.71. The minimum absolute atomic E-state index is 0.562. The van der Waals surface area contributed by atoms with Crippen LogP contribution in [0.4, 0.5) is 0 Å². The van der Waals surface area contributed by atoms with Crippen LogP contribution in [0.15, 0.2) is 29.3 Å². The van der Waals surface area contributed by atoms with Crippen LogP contribution >= 0.6 is 0 Å². The Hall–Kier alpha value is -1.91. The zero-order chi connectivity index (χ0) is 16.2. The lowest BCUT2D eigenvalue weighted by molar-refractivity contribution is 0.308. The van der Waals surface area contributed by atoms with Gasteiger partial charge < -0.3 is 20.1 Å². The number of ether oxygens (including phenoxy) is 2. The summed E-state index contributed by atoms with van der Waals surface area (Å²) in [6.45, 7) is 9.57. The normalized spacial score (nSPS) is 11.4. The fraction of sp³-hybridized carbons (Fsp3) is 0.588. The Morgan fingerprint density at radius 1 is 1.23 bits per heavy atom. The van der Waals surface area contributed by atoms with E-state index in [0.717, 1.165) is 43.5 Å². The van der Waals surface area contributed by atoms with E-state index >= 15 is 0 Å². The van der Waals surface area contributed by atoms with Crippen LogP contribution in [0.5, 0.6) is 11.5 Å². The van der Waals surface area contributed by atoms with E-state index in [1.165, 1.54) is 0 Å². The van der Waals surface area contributed by atoms with Crippen molar-refractivity contribution in [3.63, 3.8) is 0 Å². The zero-order valence-corrected chi connectivity index (χ0v) is 14.2. The van der Waals surface area contributed by atoms with E-state index in [0.29, 0.717) is 12.5 Å². The van der Waals surface area contributed by atoms with Gasteiger partial charge in [0.15, 0.2) is 5.96 Å². The van der Waals surface area contributed by atoms with E-state index in [1.807, 2.05) is 24.3 Å². The van der Waals surface area contributed by atoms with Crippen LogP contribution in [0, 0.1) is 5.92 Å². The summed E-state index contributed by atoms with van der Waals surface area (Å²) in [6, 6.07) is 7.66. The molecule has 0 aliphatic heterocycles. The van der Waals surface area contributed by atoms with Crippen molar-refractivity contribution in [1.82, 2.24) is 10.6 Å². The third kappa shape index (κ3) is 7.76. The monoisotopic (exact) mass is 307 g/mol. The van der Waals surface area contributed by atoms with Crippen LogP contribution in [-0.4, -0.2) is 39.3 Å². The SMILES string of the molecule is CCNC(=NCC(C)C)NCCCOc1cccc(OC)c1. The molecule has 0 atom stereocenters. The molecule has 0 bridgehead atoms.